The molecule has 4 heteroatoms. The molecule has 0 aliphatic heterocycles. The van der Waals surface area contributed by atoms with Gasteiger partial charge >= 0.3 is 0 Å². The molecule has 0 radical (unpaired) electrons. The van der Waals surface area contributed by atoms with Gasteiger partial charge in [0, 0.05) is 21.1 Å². The molecule has 0 aromatic rings. The minimum atomic E-state index is 0. The Morgan fingerprint density at radius 2 is 1.25 bits per heavy atom. The van der Waals surface area contributed by atoms with Crippen molar-refractivity contribution in [1.82, 2.24) is 0 Å². The summed E-state index contributed by atoms with van der Waals surface area (Å²) in [7, 11) is 0. The molecule has 0 unspecified atom stereocenters. The Bertz CT molecular complexity index is 3.25. The molecule has 0 atom stereocenters. The van der Waals surface area contributed by atoms with Crippen LogP contribution in [0.4, 0.5) is 0 Å². The Labute approximate surface area is 37.3 Å². The molecular weight excluding hydrogens is 243 g/mol. The molecule has 0 bridgehead atoms. The van der Waals surface area contributed by atoms with Gasteiger partial charge < -0.3 is 0 Å². The molecule has 0 aliphatic rings. The van der Waals surface area contributed by atoms with Crippen LogP contribution in [0.3, 0.4) is 0 Å². The van der Waals surface area contributed by atoms with Gasteiger partial charge in [0.2, 0.25) is 0 Å². The minimum absolute atomic E-state index is 0. The fourth-order valence-electron chi connectivity index (χ4n) is 0. The van der Waals surface area contributed by atoms with E-state index in [1.807, 2.05) is 0 Å². The predicted octanol–water partition coefficient (Wildman–Crippen LogP) is -0.0535. The van der Waals surface area contributed by atoms with Crippen LogP contribution in [0.2, 0.25) is 0 Å². The Morgan fingerprint density at radius 1 is 1.25 bits per heavy atom. The van der Waals surface area contributed by atoms with Crippen molar-refractivity contribution < 1.29 is 36.6 Å². The zero-order chi connectivity index (χ0) is 2.71. The SMILES string of the molecule is OOO.[Pt]. The van der Waals surface area contributed by atoms with Crippen LogP contribution < -0.4 is 0 Å². The van der Waals surface area contributed by atoms with Gasteiger partial charge in [-0.15, -0.1) is 0 Å². The number of rotatable bonds is 0. The van der Waals surface area contributed by atoms with Crippen molar-refractivity contribution in [3.63, 3.8) is 0 Å². The van der Waals surface area contributed by atoms with Crippen molar-refractivity contribution in [2.75, 3.05) is 0 Å². The van der Waals surface area contributed by atoms with Crippen LogP contribution in [0.5, 0.6) is 0 Å². The quantitative estimate of drug-likeness (QED) is 0.464. The third-order valence-electron chi connectivity index (χ3n) is 0. The molecule has 0 spiro atoms. The van der Waals surface area contributed by atoms with Gasteiger partial charge in [0.05, 0.1) is 0 Å². The van der Waals surface area contributed by atoms with Gasteiger partial charge in [-0.2, -0.15) is 0 Å². The molecule has 0 fully saturated rings. The first-order valence-electron chi connectivity index (χ1n) is 0.365. The van der Waals surface area contributed by atoms with E-state index in [0.29, 0.717) is 0 Å². The maximum absolute atomic E-state index is 6.62. The summed E-state index contributed by atoms with van der Waals surface area (Å²) in [5.74, 6) is 0. The molecule has 4 heavy (non-hydrogen) atoms. The standard InChI is InChI=1S/H2O3.Pt/c1-3-2;/h1-2H;. The Hall–Kier alpha value is 0.568. The van der Waals surface area contributed by atoms with Crippen LogP contribution in [-0.4, -0.2) is 10.5 Å². The average Bonchev–Trinajstić information content (AvgIpc) is 0.918. The summed E-state index contributed by atoms with van der Waals surface area (Å²) in [6.07, 6.45) is 0. The van der Waals surface area contributed by atoms with Crippen molar-refractivity contribution in [1.29, 1.82) is 0 Å². The molecule has 0 aromatic heterocycles. The van der Waals surface area contributed by atoms with Gasteiger partial charge in [-0.05, 0) is 0 Å². The van der Waals surface area contributed by atoms with E-state index in [2.05, 4.69) is 5.04 Å². The Morgan fingerprint density at radius 3 is 1.25 bits per heavy atom. The van der Waals surface area contributed by atoms with Gasteiger partial charge in [0.15, 0.2) is 0 Å². The monoisotopic (exact) mass is 245 g/mol. The van der Waals surface area contributed by atoms with E-state index in [0.717, 1.165) is 0 Å². The van der Waals surface area contributed by atoms with E-state index in [1.54, 1.807) is 0 Å². The maximum atomic E-state index is 6.62. The van der Waals surface area contributed by atoms with Crippen molar-refractivity contribution >= 4 is 0 Å². The largest absolute Gasteiger partial charge is 0.221 e. The average molecular weight is 245 g/mol. The zero-order valence-corrected chi connectivity index (χ0v) is 3.89. The van der Waals surface area contributed by atoms with Crippen LogP contribution in [-0.2, 0) is 26.1 Å². The first kappa shape index (κ1) is 8.82. The van der Waals surface area contributed by atoms with E-state index in [-0.39, 0.29) is 21.1 Å². The van der Waals surface area contributed by atoms with Gasteiger partial charge in [-0.25, -0.2) is 10.5 Å². The van der Waals surface area contributed by atoms with Crippen molar-refractivity contribution in [3.05, 3.63) is 0 Å². The van der Waals surface area contributed by atoms with E-state index < -0.39 is 0 Å². The van der Waals surface area contributed by atoms with Gasteiger partial charge in [0.1, 0.15) is 0 Å². The maximum Gasteiger partial charge on any atom is 0 e. The Balaban J connectivity index is 0. The molecule has 0 rings (SSSR count). The predicted molar refractivity (Wildman–Crippen MR) is 6.34 cm³/mol. The molecule has 0 saturated carbocycles. The first-order valence-corrected chi connectivity index (χ1v) is 0.365. The second-order valence-corrected chi connectivity index (χ2v) is 0.0816. The number of hydrogen-bond donors (Lipinski definition) is 2. The van der Waals surface area contributed by atoms with Gasteiger partial charge in [-0.1, -0.05) is 5.04 Å². The summed E-state index contributed by atoms with van der Waals surface area (Å²) < 4.78 is 0. The Kier molecular flexibility index (Phi) is 21.1. The molecule has 0 saturated heterocycles. The summed E-state index contributed by atoms with van der Waals surface area (Å²) in [4.78, 5) is 0. The second kappa shape index (κ2) is 9.57. The van der Waals surface area contributed by atoms with Crippen LogP contribution in [0.1, 0.15) is 0 Å². The van der Waals surface area contributed by atoms with E-state index in [4.69, 9.17) is 10.5 Å². The molecule has 2 N–H and O–H groups in total. The van der Waals surface area contributed by atoms with Crippen LogP contribution in [0, 0.1) is 0 Å². The van der Waals surface area contributed by atoms with Crippen molar-refractivity contribution in [2.45, 2.75) is 0 Å². The van der Waals surface area contributed by atoms with Crippen LogP contribution in [0.25, 0.3) is 0 Å². The van der Waals surface area contributed by atoms with Crippen molar-refractivity contribution in [3.8, 4) is 0 Å². The fourth-order valence-corrected chi connectivity index (χ4v) is 0. The molecule has 0 amide bonds. The van der Waals surface area contributed by atoms with Gasteiger partial charge in [-0.3, -0.25) is 0 Å². The summed E-state index contributed by atoms with van der Waals surface area (Å²) in [6, 6.07) is 0. The molecule has 30 valence electrons. The third-order valence-corrected chi connectivity index (χ3v) is 0. The molecule has 0 heterocycles. The minimum Gasteiger partial charge on any atom is -0.221 e. The van der Waals surface area contributed by atoms with Crippen LogP contribution in [0.15, 0.2) is 0 Å². The summed E-state index contributed by atoms with van der Waals surface area (Å²) in [5, 5.41) is 15.5. The summed E-state index contributed by atoms with van der Waals surface area (Å²) >= 11 is 0. The summed E-state index contributed by atoms with van der Waals surface area (Å²) in [5.41, 5.74) is 0. The first-order chi connectivity index (χ1) is 1.41. The molecule has 0 aliphatic carbocycles. The fraction of sp³-hybridized carbons (Fsp3) is 0. The van der Waals surface area contributed by atoms with Crippen LogP contribution >= 0.6 is 0 Å². The molecule has 3 nitrogen and oxygen atoms in total. The molecular formula is H2O3Pt. The number of hydrogen-bond acceptors (Lipinski definition) is 3. The topological polar surface area (TPSA) is 49.7 Å². The van der Waals surface area contributed by atoms with E-state index >= 15 is 0 Å². The van der Waals surface area contributed by atoms with Gasteiger partial charge in [0.25, 0.3) is 0 Å². The van der Waals surface area contributed by atoms with E-state index in [9.17, 15) is 0 Å². The summed E-state index contributed by atoms with van der Waals surface area (Å²) in [6.45, 7) is 0. The normalized spacial score (nSPS) is 4.50. The second-order valence-electron chi connectivity index (χ2n) is 0.0816. The molecule has 0 aromatic carbocycles. The third kappa shape index (κ3) is 19.6. The smallest absolute Gasteiger partial charge is 0 e. The van der Waals surface area contributed by atoms with Crippen molar-refractivity contribution in [2.24, 2.45) is 0 Å². The zero-order valence-electron chi connectivity index (χ0n) is 1.62. The van der Waals surface area contributed by atoms with E-state index in [1.165, 1.54) is 0 Å².